The molecule has 0 fully saturated rings. The van der Waals surface area contributed by atoms with Crippen molar-refractivity contribution in [2.45, 2.75) is 45.4 Å². The smallest absolute Gasteiger partial charge is 0.232 e. The molecule has 0 radical (unpaired) electrons. The van der Waals surface area contributed by atoms with Crippen LogP contribution in [0.25, 0.3) is 0 Å². The Balaban J connectivity index is 1.93. The molecule has 4 heteroatoms. The molecule has 0 bridgehead atoms. The van der Waals surface area contributed by atoms with Crippen LogP contribution in [0.4, 0.5) is 5.69 Å². The molecule has 3 nitrogen and oxygen atoms in total. The summed E-state index contributed by atoms with van der Waals surface area (Å²) in [5.41, 5.74) is 5.52. The summed E-state index contributed by atoms with van der Waals surface area (Å²) in [7, 11) is 0. The molecule has 1 aliphatic heterocycles. The van der Waals surface area contributed by atoms with E-state index in [2.05, 4.69) is 0 Å². The molecule has 1 heterocycles. The zero-order valence-electron chi connectivity index (χ0n) is 15.6. The van der Waals surface area contributed by atoms with Crippen molar-refractivity contribution >= 4 is 29.0 Å². The fourth-order valence-corrected chi connectivity index (χ4v) is 4.70. The van der Waals surface area contributed by atoms with E-state index in [-0.39, 0.29) is 24.0 Å². The maximum absolute atomic E-state index is 13.3. The third-order valence-corrected chi connectivity index (χ3v) is 5.96. The second-order valence-corrected chi connectivity index (χ2v) is 7.79. The van der Waals surface area contributed by atoms with Crippen molar-refractivity contribution in [1.29, 1.82) is 0 Å². The van der Waals surface area contributed by atoms with Gasteiger partial charge in [0.05, 0.1) is 5.69 Å². The highest BCUT2D eigenvalue weighted by Crippen LogP contribution is 2.45. The minimum absolute atomic E-state index is 0.0331. The van der Waals surface area contributed by atoms with E-state index < -0.39 is 0 Å². The predicted octanol–water partition coefficient (Wildman–Crippen LogP) is 5.48. The second-order valence-electron chi connectivity index (χ2n) is 7.38. The maximum Gasteiger partial charge on any atom is 0.232 e. The number of para-hydroxylation sites is 1. The van der Waals surface area contributed by atoms with Crippen molar-refractivity contribution in [3.8, 4) is 0 Å². The van der Waals surface area contributed by atoms with Gasteiger partial charge in [0.2, 0.25) is 5.91 Å². The molecule has 0 saturated heterocycles. The van der Waals surface area contributed by atoms with Crippen LogP contribution in [-0.2, 0) is 9.59 Å². The van der Waals surface area contributed by atoms with Gasteiger partial charge in [-0.15, -0.1) is 0 Å². The normalized spacial score (nSPS) is 20.1. The van der Waals surface area contributed by atoms with Gasteiger partial charge in [-0.1, -0.05) is 48.0 Å². The second kappa shape index (κ2) is 6.97. The van der Waals surface area contributed by atoms with Gasteiger partial charge >= 0.3 is 0 Å². The first-order chi connectivity index (χ1) is 13.0. The first-order valence-electron chi connectivity index (χ1n) is 9.39. The van der Waals surface area contributed by atoms with Crippen LogP contribution in [0.1, 0.15) is 48.3 Å². The highest BCUT2D eigenvalue weighted by Gasteiger charge is 2.40. The van der Waals surface area contributed by atoms with E-state index in [0.29, 0.717) is 11.4 Å². The molecule has 2 aromatic rings. The average Bonchev–Trinajstić information content (AvgIpc) is 2.63. The SMILES string of the molecule is Cc1cccc(C)c1N1C(=O)CC(c2ccccc2Cl)C2=C1CCCC2=O. The molecular formula is C23H22ClNO2. The number of Topliss-reactive ketones (excluding diaryl/α,β-unsaturated/α-hetero) is 1. The van der Waals surface area contributed by atoms with Crippen LogP contribution in [0.5, 0.6) is 0 Å². The largest absolute Gasteiger partial charge is 0.294 e. The number of halogens is 1. The van der Waals surface area contributed by atoms with Gasteiger partial charge in [-0.2, -0.15) is 0 Å². The van der Waals surface area contributed by atoms with Gasteiger partial charge in [0, 0.05) is 35.1 Å². The monoisotopic (exact) mass is 379 g/mol. The number of carbonyl (C=O) groups is 2. The lowest BCUT2D eigenvalue weighted by atomic mass is 9.77. The Bertz CT molecular complexity index is 956. The Morgan fingerprint density at radius 2 is 1.67 bits per heavy atom. The summed E-state index contributed by atoms with van der Waals surface area (Å²) in [6.07, 6.45) is 2.32. The molecule has 1 atom stereocenters. The van der Waals surface area contributed by atoms with Crippen LogP contribution in [0.3, 0.4) is 0 Å². The topological polar surface area (TPSA) is 37.4 Å². The van der Waals surface area contributed by atoms with Gasteiger partial charge in [-0.3, -0.25) is 14.5 Å². The Morgan fingerprint density at radius 1 is 0.963 bits per heavy atom. The Labute approximate surface area is 164 Å². The molecule has 27 heavy (non-hydrogen) atoms. The minimum Gasteiger partial charge on any atom is -0.294 e. The number of carbonyl (C=O) groups excluding carboxylic acids is 2. The number of hydrogen-bond acceptors (Lipinski definition) is 2. The Morgan fingerprint density at radius 3 is 2.37 bits per heavy atom. The number of anilines is 1. The lowest BCUT2D eigenvalue weighted by molar-refractivity contribution is -0.119. The maximum atomic E-state index is 13.3. The molecule has 2 aromatic carbocycles. The van der Waals surface area contributed by atoms with Crippen LogP contribution in [0, 0.1) is 13.8 Å². The molecule has 1 unspecified atom stereocenters. The van der Waals surface area contributed by atoms with Crippen molar-refractivity contribution in [2.75, 3.05) is 4.90 Å². The number of rotatable bonds is 2. The number of hydrogen-bond donors (Lipinski definition) is 0. The van der Waals surface area contributed by atoms with Gasteiger partial charge in [0.1, 0.15) is 0 Å². The Hall–Kier alpha value is -2.39. The lowest BCUT2D eigenvalue weighted by Crippen LogP contribution is -2.41. The fourth-order valence-electron chi connectivity index (χ4n) is 4.43. The van der Waals surface area contributed by atoms with Gasteiger partial charge in [0.25, 0.3) is 0 Å². The third-order valence-electron chi connectivity index (χ3n) is 5.62. The molecular weight excluding hydrogens is 358 g/mol. The molecule has 1 aliphatic carbocycles. The summed E-state index contributed by atoms with van der Waals surface area (Å²) in [6.45, 7) is 4.03. The molecule has 0 aromatic heterocycles. The van der Waals surface area contributed by atoms with Crippen LogP contribution in [-0.4, -0.2) is 11.7 Å². The highest BCUT2D eigenvalue weighted by molar-refractivity contribution is 6.31. The molecule has 0 spiro atoms. The number of aryl methyl sites for hydroxylation is 2. The average molecular weight is 380 g/mol. The van der Waals surface area contributed by atoms with E-state index in [0.717, 1.165) is 46.5 Å². The van der Waals surface area contributed by atoms with Crippen molar-refractivity contribution in [3.05, 3.63) is 75.4 Å². The highest BCUT2D eigenvalue weighted by atomic mass is 35.5. The molecule has 0 N–H and O–H groups in total. The van der Waals surface area contributed by atoms with Crippen LogP contribution >= 0.6 is 11.6 Å². The lowest BCUT2D eigenvalue weighted by Gasteiger charge is -2.39. The van der Waals surface area contributed by atoms with Gasteiger partial charge in [0.15, 0.2) is 5.78 Å². The number of allylic oxidation sites excluding steroid dienone is 2. The molecule has 138 valence electrons. The summed E-state index contributed by atoms with van der Waals surface area (Å²) in [5, 5.41) is 0.612. The first-order valence-corrected chi connectivity index (χ1v) is 9.76. The zero-order chi connectivity index (χ0) is 19.1. The molecule has 0 saturated carbocycles. The van der Waals surface area contributed by atoms with E-state index >= 15 is 0 Å². The molecule has 2 aliphatic rings. The Kier molecular flexibility index (Phi) is 4.65. The summed E-state index contributed by atoms with van der Waals surface area (Å²) < 4.78 is 0. The van der Waals surface area contributed by atoms with Crippen LogP contribution in [0.15, 0.2) is 53.7 Å². The van der Waals surface area contributed by atoms with Gasteiger partial charge < -0.3 is 0 Å². The number of ketones is 1. The van der Waals surface area contributed by atoms with Crippen molar-refractivity contribution in [3.63, 3.8) is 0 Å². The number of amides is 1. The van der Waals surface area contributed by atoms with Crippen LogP contribution < -0.4 is 4.90 Å². The summed E-state index contributed by atoms with van der Waals surface area (Å²) in [4.78, 5) is 28.0. The van der Waals surface area contributed by atoms with E-state index in [9.17, 15) is 9.59 Å². The number of benzene rings is 2. The van der Waals surface area contributed by atoms with E-state index in [1.807, 2.05) is 61.2 Å². The quantitative estimate of drug-likeness (QED) is 0.692. The van der Waals surface area contributed by atoms with Crippen molar-refractivity contribution in [2.24, 2.45) is 0 Å². The first kappa shape index (κ1) is 18.0. The van der Waals surface area contributed by atoms with E-state index in [1.54, 1.807) is 0 Å². The summed E-state index contributed by atoms with van der Waals surface area (Å²) in [6, 6.07) is 13.6. The standard InChI is InChI=1S/C23H22ClNO2/c1-14-7-5-8-15(2)23(14)25-19-11-6-12-20(26)22(19)17(13-21(25)27)16-9-3-4-10-18(16)24/h3-5,7-10,17H,6,11-13H2,1-2H3. The van der Waals surface area contributed by atoms with Gasteiger partial charge in [-0.05, 0) is 49.4 Å². The van der Waals surface area contributed by atoms with Crippen molar-refractivity contribution in [1.82, 2.24) is 0 Å². The van der Waals surface area contributed by atoms with Gasteiger partial charge in [-0.25, -0.2) is 0 Å². The minimum atomic E-state index is -0.255. The summed E-state index contributed by atoms with van der Waals surface area (Å²) in [5.74, 6) is -0.0785. The summed E-state index contributed by atoms with van der Waals surface area (Å²) >= 11 is 6.43. The molecule has 4 rings (SSSR count). The van der Waals surface area contributed by atoms with Crippen LogP contribution in [0.2, 0.25) is 5.02 Å². The van der Waals surface area contributed by atoms with E-state index in [1.165, 1.54) is 0 Å². The fraction of sp³-hybridized carbons (Fsp3) is 0.304. The van der Waals surface area contributed by atoms with E-state index in [4.69, 9.17) is 11.6 Å². The predicted molar refractivity (Wildman–Crippen MR) is 108 cm³/mol. The zero-order valence-corrected chi connectivity index (χ0v) is 16.3. The third kappa shape index (κ3) is 3.00. The van der Waals surface area contributed by atoms with Crippen molar-refractivity contribution < 1.29 is 9.59 Å². The number of nitrogens with zero attached hydrogens (tertiary/aromatic N) is 1. The molecule has 1 amide bonds.